The zero-order valence-corrected chi connectivity index (χ0v) is 7.45. The van der Waals surface area contributed by atoms with E-state index in [1.807, 2.05) is 12.1 Å². The molecular weight excluding hydrogens is 178 g/mol. The molecule has 0 fully saturated rings. The van der Waals surface area contributed by atoms with Gasteiger partial charge < -0.3 is 5.32 Å². The van der Waals surface area contributed by atoms with Gasteiger partial charge in [-0.2, -0.15) is 0 Å². The monoisotopic (exact) mass is 185 g/mol. The lowest BCUT2D eigenvalue weighted by Crippen LogP contribution is -2.19. The second-order valence-corrected chi connectivity index (χ2v) is 4.01. The molecule has 1 nitrogen and oxygen atoms in total. The van der Waals surface area contributed by atoms with Crippen LogP contribution < -0.4 is 5.32 Å². The molecule has 0 amide bonds. The molecule has 2 rings (SSSR count). The molecule has 1 aromatic carbocycles. The number of halogens is 1. The van der Waals surface area contributed by atoms with Crippen molar-refractivity contribution in [1.82, 2.24) is 0 Å². The quantitative estimate of drug-likeness (QED) is 0.493. The Kier molecular flexibility index (Phi) is 1.96. The van der Waals surface area contributed by atoms with E-state index in [2.05, 4.69) is 17.4 Å². The number of fused-ring (bicyclic) bond motifs is 1. The summed E-state index contributed by atoms with van der Waals surface area (Å²) in [7, 11) is 0. The number of nitrogens with one attached hydrogen (secondary N) is 1. The van der Waals surface area contributed by atoms with Gasteiger partial charge in [-0.15, -0.1) is 11.8 Å². The molecular formula is C8H8ClNS. The fourth-order valence-electron chi connectivity index (χ4n) is 1.09. The summed E-state index contributed by atoms with van der Waals surface area (Å²) in [4.78, 5) is 1.30. The number of para-hydroxylation sites is 1. The van der Waals surface area contributed by atoms with Crippen molar-refractivity contribution < 1.29 is 0 Å². The van der Waals surface area contributed by atoms with E-state index in [4.69, 9.17) is 11.6 Å². The summed E-state index contributed by atoms with van der Waals surface area (Å²) in [6.45, 7) is 0. The summed E-state index contributed by atoms with van der Waals surface area (Å²) in [5.41, 5.74) is 1.23. The molecule has 1 N–H and O–H groups in total. The highest BCUT2D eigenvalue weighted by molar-refractivity contribution is 7.99. The van der Waals surface area contributed by atoms with Gasteiger partial charge in [0.15, 0.2) is 0 Å². The van der Waals surface area contributed by atoms with Crippen molar-refractivity contribution in [3.05, 3.63) is 24.3 Å². The van der Waals surface area contributed by atoms with Crippen molar-refractivity contribution in [1.29, 1.82) is 0 Å². The van der Waals surface area contributed by atoms with E-state index in [-0.39, 0.29) is 5.50 Å². The van der Waals surface area contributed by atoms with Crippen LogP contribution in [-0.4, -0.2) is 11.3 Å². The zero-order chi connectivity index (χ0) is 7.68. The highest BCUT2D eigenvalue weighted by atomic mass is 35.5. The van der Waals surface area contributed by atoms with Crippen LogP contribution in [0.25, 0.3) is 0 Å². The Hall–Kier alpha value is -0.340. The lowest BCUT2D eigenvalue weighted by Gasteiger charge is -2.21. The molecule has 0 aromatic heterocycles. The minimum absolute atomic E-state index is 0.0786. The van der Waals surface area contributed by atoms with Gasteiger partial charge in [-0.3, -0.25) is 0 Å². The maximum Gasteiger partial charge on any atom is 0.111 e. The summed E-state index contributed by atoms with van der Waals surface area (Å²) in [6, 6.07) is 8.22. The number of anilines is 1. The second-order valence-electron chi connectivity index (χ2n) is 2.42. The molecule has 1 aliphatic heterocycles. The predicted octanol–water partition coefficient (Wildman–Crippen LogP) is 2.77. The topological polar surface area (TPSA) is 12.0 Å². The van der Waals surface area contributed by atoms with Crippen LogP contribution >= 0.6 is 23.4 Å². The molecule has 0 aliphatic carbocycles. The van der Waals surface area contributed by atoms with E-state index in [0.29, 0.717) is 0 Å². The first kappa shape index (κ1) is 7.32. The van der Waals surface area contributed by atoms with Gasteiger partial charge in [0, 0.05) is 16.3 Å². The third-order valence-electron chi connectivity index (χ3n) is 1.58. The molecule has 0 spiro atoms. The summed E-state index contributed by atoms with van der Waals surface area (Å²) in [5, 5.41) is 3.20. The molecule has 0 saturated heterocycles. The van der Waals surface area contributed by atoms with Gasteiger partial charge in [0.2, 0.25) is 0 Å². The molecule has 0 saturated carbocycles. The number of thioether (sulfide) groups is 1. The summed E-state index contributed by atoms with van der Waals surface area (Å²) in [6.07, 6.45) is 0. The summed E-state index contributed by atoms with van der Waals surface area (Å²) in [5.74, 6) is 0.943. The predicted molar refractivity (Wildman–Crippen MR) is 50.4 cm³/mol. The van der Waals surface area contributed by atoms with Crippen molar-refractivity contribution in [2.24, 2.45) is 0 Å². The number of alkyl halides is 1. The fraction of sp³-hybridized carbons (Fsp3) is 0.250. The van der Waals surface area contributed by atoms with E-state index < -0.39 is 0 Å². The second kappa shape index (κ2) is 2.95. The van der Waals surface area contributed by atoms with Crippen molar-refractivity contribution in [2.75, 3.05) is 11.1 Å². The lowest BCUT2D eigenvalue weighted by atomic mass is 10.3. The Morgan fingerprint density at radius 2 is 2.27 bits per heavy atom. The van der Waals surface area contributed by atoms with Crippen LogP contribution in [0.3, 0.4) is 0 Å². The van der Waals surface area contributed by atoms with Crippen LogP contribution in [0, 0.1) is 0 Å². The number of rotatable bonds is 0. The molecule has 1 aromatic rings. The Balaban J connectivity index is 2.34. The maximum atomic E-state index is 5.91. The molecule has 11 heavy (non-hydrogen) atoms. The van der Waals surface area contributed by atoms with Crippen LogP contribution in [0.1, 0.15) is 0 Å². The molecule has 1 unspecified atom stereocenters. The average Bonchev–Trinajstić information content (AvgIpc) is 2.04. The van der Waals surface area contributed by atoms with Gasteiger partial charge >= 0.3 is 0 Å². The van der Waals surface area contributed by atoms with Crippen molar-refractivity contribution in [2.45, 2.75) is 10.4 Å². The molecule has 3 heteroatoms. The van der Waals surface area contributed by atoms with E-state index in [1.165, 1.54) is 4.90 Å². The van der Waals surface area contributed by atoms with Crippen LogP contribution in [-0.2, 0) is 0 Å². The highest BCUT2D eigenvalue weighted by Crippen LogP contribution is 2.33. The smallest absolute Gasteiger partial charge is 0.111 e. The van der Waals surface area contributed by atoms with Gasteiger partial charge in [0.25, 0.3) is 0 Å². The van der Waals surface area contributed by atoms with Crippen LogP contribution in [0.5, 0.6) is 0 Å². The van der Waals surface area contributed by atoms with Crippen molar-refractivity contribution in [3.63, 3.8) is 0 Å². The normalized spacial score (nSPS) is 22.1. The first-order valence-electron chi connectivity index (χ1n) is 3.49. The molecule has 1 aliphatic rings. The molecule has 0 radical (unpaired) electrons. The molecule has 58 valence electrons. The lowest BCUT2D eigenvalue weighted by molar-refractivity contribution is 1.08. The SMILES string of the molecule is ClC1CSc2ccccc2N1. The van der Waals surface area contributed by atoms with Gasteiger partial charge in [0.05, 0.1) is 0 Å². The third-order valence-corrected chi connectivity index (χ3v) is 3.20. The Labute approximate surface area is 75.1 Å². The van der Waals surface area contributed by atoms with Crippen LogP contribution in [0.15, 0.2) is 29.2 Å². The summed E-state index contributed by atoms with van der Waals surface area (Å²) >= 11 is 7.71. The average molecular weight is 186 g/mol. The third kappa shape index (κ3) is 1.47. The minimum Gasteiger partial charge on any atom is -0.368 e. The van der Waals surface area contributed by atoms with Gasteiger partial charge in [-0.05, 0) is 12.1 Å². The number of hydrogen-bond donors (Lipinski definition) is 1. The highest BCUT2D eigenvalue weighted by Gasteiger charge is 2.14. The van der Waals surface area contributed by atoms with E-state index in [1.54, 1.807) is 11.8 Å². The molecule has 0 bridgehead atoms. The van der Waals surface area contributed by atoms with E-state index in [0.717, 1.165) is 11.4 Å². The largest absolute Gasteiger partial charge is 0.368 e. The Morgan fingerprint density at radius 3 is 3.18 bits per heavy atom. The van der Waals surface area contributed by atoms with Crippen LogP contribution in [0.2, 0.25) is 0 Å². The standard InChI is InChI=1S/C8H8ClNS/c9-8-5-11-7-4-2-1-3-6(7)10-8/h1-4,8,10H,5H2. The Bertz CT molecular complexity index is 264. The van der Waals surface area contributed by atoms with Crippen molar-refractivity contribution >= 4 is 29.1 Å². The molecule has 1 heterocycles. The van der Waals surface area contributed by atoms with Crippen molar-refractivity contribution in [3.8, 4) is 0 Å². The van der Waals surface area contributed by atoms with E-state index >= 15 is 0 Å². The fourth-order valence-corrected chi connectivity index (χ4v) is 2.26. The first-order chi connectivity index (χ1) is 5.36. The number of hydrogen-bond acceptors (Lipinski definition) is 2. The van der Waals surface area contributed by atoms with Gasteiger partial charge in [0.1, 0.15) is 5.50 Å². The maximum absolute atomic E-state index is 5.91. The zero-order valence-electron chi connectivity index (χ0n) is 5.88. The van der Waals surface area contributed by atoms with Crippen LogP contribution in [0.4, 0.5) is 5.69 Å². The Morgan fingerprint density at radius 1 is 1.45 bits per heavy atom. The number of benzene rings is 1. The van der Waals surface area contributed by atoms with E-state index in [9.17, 15) is 0 Å². The summed E-state index contributed by atoms with van der Waals surface area (Å²) < 4.78 is 0. The molecule has 1 atom stereocenters. The van der Waals surface area contributed by atoms with Gasteiger partial charge in [-0.1, -0.05) is 23.7 Å². The first-order valence-corrected chi connectivity index (χ1v) is 4.91. The minimum atomic E-state index is 0.0786. The van der Waals surface area contributed by atoms with Gasteiger partial charge in [-0.25, -0.2) is 0 Å².